The van der Waals surface area contributed by atoms with E-state index < -0.39 is 16.8 Å². The van der Waals surface area contributed by atoms with Gasteiger partial charge in [-0.05, 0) is 67.9 Å². The molecule has 0 saturated heterocycles. The first-order chi connectivity index (χ1) is 15.3. The van der Waals surface area contributed by atoms with Crippen LogP contribution in [0.2, 0.25) is 10.6 Å². The minimum atomic E-state index is -0.841. The predicted octanol–water partition coefficient (Wildman–Crippen LogP) is 4.53. The van der Waals surface area contributed by atoms with Crippen molar-refractivity contribution >= 4 is 35.1 Å². The van der Waals surface area contributed by atoms with Gasteiger partial charge < -0.3 is 9.84 Å². The van der Waals surface area contributed by atoms with E-state index >= 15 is 0 Å². The van der Waals surface area contributed by atoms with Crippen LogP contribution < -0.4 is 0 Å². The summed E-state index contributed by atoms with van der Waals surface area (Å²) in [4.78, 5) is 39.3. The number of carboxylic acids is 1. The lowest BCUT2D eigenvalue weighted by atomic mass is 9.82. The van der Waals surface area contributed by atoms with Gasteiger partial charge in [0.2, 0.25) is 10.6 Å². The van der Waals surface area contributed by atoms with Crippen molar-refractivity contribution in [3.63, 3.8) is 0 Å². The van der Waals surface area contributed by atoms with Gasteiger partial charge in [0, 0.05) is 12.4 Å². The molecule has 8 nitrogen and oxygen atoms in total. The van der Waals surface area contributed by atoms with Crippen molar-refractivity contribution in [3.8, 4) is 0 Å². The van der Waals surface area contributed by atoms with Crippen LogP contribution in [0.25, 0.3) is 0 Å². The lowest BCUT2D eigenvalue weighted by molar-refractivity contribution is -0.150. The van der Waals surface area contributed by atoms with Crippen LogP contribution in [0.4, 0.5) is 0 Å². The van der Waals surface area contributed by atoms with Crippen molar-refractivity contribution in [3.05, 3.63) is 46.5 Å². The van der Waals surface area contributed by atoms with Gasteiger partial charge in [0.15, 0.2) is 0 Å². The average molecular weight is 481 g/mol. The van der Waals surface area contributed by atoms with Gasteiger partial charge in [-0.1, -0.05) is 25.7 Å². The Morgan fingerprint density at radius 2 is 1.34 bits per heavy atom. The molecule has 0 unspecified atom stereocenters. The van der Waals surface area contributed by atoms with Gasteiger partial charge in [0.25, 0.3) is 0 Å². The molecule has 0 bridgehead atoms. The zero-order valence-electron chi connectivity index (χ0n) is 17.9. The number of nitrogens with zero attached hydrogens (tertiary/aromatic N) is 4. The second-order valence-electron chi connectivity index (χ2n) is 8.03. The van der Waals surface area contributed by atoms with E-state index in [1.807, 2.05) is 6.92 Å². The van der Waals surface area contributed by atoms with Crippen molar-refractivity contribution in [2.45, 2.75) is 69.1 Å². The maximum Gasteiger partial charge on any atom is 0.318 e. The highest BCUT2D eigenvalue weighted by Crippen LogP contribution is 2.42. The molecule has 32 heavy (non-hydrogen) atoms. The summed E-state index contributed by atoms with van der Waals surface area (Å²) in [5.41, 5.74) is -0.226. The minimum absolute atomic E-state index is 0.111. The molecule has 0 amide bonds. The fraction of sp³-hybridized carbons (Fsp3) is 0.545. The zero-order valence-corrected chi connectivity index (χ0v) is 19.4. The average Bonchev–Trinajstić information content (AvgIpc) is 3.46. The van der Waals surface area contributed by atoms with Crippen LogP contribution in [0.5, 0.6) is 0 Å². The van der Waals surface area contributed by atoms with E-state index in [4.69, 9.17) is 27.9 Å². The molecule has 0 atom stereocenters. The van der Waals surface area contributed by atoms with E-state index in [-0.39, 0.29) is 16.5 Å². The summed E-state index contributed by atoms with van der Waals surface area (Å²) in [6, 6.07) is 3.40. The lowest BCUT2D eigenvalue weighted by Gasteiger charge is -2.25. The lowest BCUT2D eigenvalue weighted by Crippen LogP contribution is -2.35. The number of ether oxygens (including phenoxy) is 1. The molecule has 2 heterocycles. The van der Waals surface area contributed by atoms with Gasteiger partial charge in [-0.2, -0.15) is 0 Å². The molecule has 10 heteroatoms. The molecule has 2 saturated carbocycles. The van der Waals surface area contributed by atoms with Gasteiger partial charge in [-0.3, -0.25) is 9.59 Å². The second-order valence-corrected chi connectivity index (χ2v) is 8.70. The highest BCUT2D eigenvalue weighted by molar-refractivity contribution is 6.28. The Kier molecular flexibility index (Phi) is 8.00. The summed E-state index contributed by atoms with van der Waals surface area (Å²) in [6.45, 7) is 2.20. The molecule has 2 fully saturated rings. The Balaban J connectivity index is 0.000000182. The van der Waals surface area contributed by atoms with Gasteiger partial charge in [-0.15, -0.1) is 0 Å². The van der Waals surface area contributed by atoms with E-state index in [1.54, 1.807) is 18.3 Å². The fourth-order valence-electron chi connectivity index (χ4n) is 4.57. The van der Waals surface area contributed by atoms with Crippen molar-refractivity contribution in [1.29, 1.82) is 0 Å². The Hall–Kier alpha value is -2.32. The maximum absolute atomic E-state index is 12.2. The van der Waals surface area contributed by atoms with Gasteiger partial charge in [-0.25, -0.2) is 19.9 Å². The van der Waals surface area contributed by atoms with E-state index in [0.29, 0.717) is 30.8 Å². The Morgan fingerprint density at radius 3 is 1.75 bits per heavy atom. The van der Waals surface area contributed by atoms with E-state index in [0.717, 1.165) is 38.5 Å². The number of carboxylic acid groups (broad SMARTS) is 1. The number of aliphatic carboxylic acids is 1. The quantitative estimate of drug-likeness (QED) is 0.489. The van der Waals surface area contributed by atoms with Crippen LogP contribution in [0.15, 0.2) is 24.5 Å². The molecule has 172 valence electrons. The first-order valence-electron chi connectivity index (χ1n) is 10.7. The molecule has 1 N–H and O–H groups in total. The molecule has 0 aliphatic heterocycles. The highest BCUT2D eigenvalue weighted by Gasteiger charge is 2.46. The standard InChI is InChI=1S/C12H15ClN2O2.C10H11ClN2O2/c1-2-17-10(16)12(6-3-4-7-12)9-5-8-14-11(13)15-9;11-9-12-6-3-7(13-9)10(8(14)15)4-1-2-5-10/h5,8H,2-4,6-7H2,1H3;3,6H,1-2,4-5H2,(H,14,15). The number of hydrogen-bond acceptors (Lipinski definition) is 7. The number of hydrogen-bond donors (Lipinski definition) is 1. The number of carbonyl (C=O) groups is 2. The fourth-order valence-corrected chi connectivity index (χ4v) is 4.87. The Morgan fingerprint density at radius 1 is 0.906 bits per heavy atom. The van der Waals surface area contributed by atoms with Crippen molar-refractivity contribution in [2.24, 2.45) is 0 Å². The smallest absolute Gasteiger partial charge is 0.318 e. The first kappa shape index (κ1) is 24.3. The topological polar surface area (TPSA) is 115 Å². The molecule has 2 aliphatic rings. The molecular formula is C22H26Cl2N4O4. The van der Waals surface area contributed by atoms with Gasteiger partial charge in [0.05, 0.1) is 18.0 Å². The van der Waals surface area contributed by atoms with Gasteiger partial charge >= 0.3 is 11.9 Å². The van der Waals surface area contributed by atoms with Crippen LogP contribution in [0.1, 0.15) is 69.7 Å². The molecule has 2 aromatic rings. The van der Waals surface area contributed by atoms with Crippen LogP contribution in [0.3, 0.4) is 0 Å². The third-order valence-electron chi connectivity index (χ3n) is 6.22. The monoisotopic (exact) mass is 480 g/mol. The molecule has 0 spiro atoms. The molecule has 2 aliphatic carbocycles. The minimum Gasteiger partial charge on any atom is -0.481 e. The Bertz CT molecular complexity index is 960. The molecule has 2 aromatic heterocycles. The van der Waals surface area contributed by atoms with Gasteiger partial charge in [0.1, 0.15) is 10.8 Å². The molecular weight excluding hydrogens is 455 g/mol. The first-order valence-corrected chi connectivity index (χ1v) is 11.5. The third kappa shape index (κ3) is 5.02. The number of halogens is 2. The maximum atomic E-state index is 12.2. The van der Waals surface area contributed by atoms with Crippen LogP contribution in [0, 0.1) is 0 Å². The Labute approximate surface area is 196 Å². The van der Waals surface area contributed by atoms with Crippen LogP contribution >= 0.6 is 23.2 Å². The highest BCUT2D eigenvalue weighted by atomic mass is 35.5. The van der Waals surface area contributed by atoms with E-state index in [2.05, 4.69) is 19.9 Å². The summed E-state index contributed by atoms with van der Waals surface area (Å²) in [5.74, 6) is -0.998. The SMILES string of the molecule is CCOC(=O)C1(c2ccnc(Cl)n2)CCCC1.O=C(O)C1(c2ccnc(Cl)n2)CCCC1. The number of esters is 1. The van der Waals surface area contributed by atoms with E-state index in [9.17, 15) is 14.7 Å². The summed E-state index contributed by atoms with van der Waals surface area (Å²) in [7, 11) is 0. The third-order valence-corrected chi connectivity index (χ3v) is 6.59. The van der Waals surface area contributed by atoms with Crippen LogP contribution in [-0.2, 0) is 25.2 Å². The van der Waals surface area contributed by atoms with Crippen molar-refractivity contribution in [2.75, 3.05) is 6.61 Å². The molecule has 0 radical (unpaired) electrons. The zero-order chi connectivity index (χ0) is 23.2. The van der Waals surface area contributed by atoms with Crippen molar-refractivity contribution < 1.29 is 19.4 Å². The normalized spacial score (nSPS) is 18.5. The van der Waals surface area contributed by atoms with E-state index in [1.165, 1.54) is 6.20 Å². The number of carbonyl (C=O) groups excluding carboxylic acids is 1. The largest absolute Gasteiger partial charge is 0.481 e. The number of aromatic nitrogens is 4. The summed E-state index contributed by atoms with van der Waals surface area (Å²) >= 11 is 11.5. The summed E-state index contributed by atoms with van der Waals surface area (Å²) in [6.07, 6.45) is 9.80. The molecule has 4 rings (SSSR count). The van der Waals surface area contributed by atoms with Crippen LogP contribution in [-0.4, -0.2) is 43.6 Å². The second kappa shape index (κ2) is 10.5. The molecule has 0 aromatic carbocycles. The number of rotatable bonds is 5. The van der Waals surface area contributed by atoms with Crippen molar-refractivity contribution in [1.82, 2.24) is 19.9 Å². The summed E-state index contributed by atoms with van der Waals surface area (Å²) < 4.78 is 5.18. The summed E-state index contributed by atoms with van der Waals surface area (Å²) in [5, 5.41) is 9.59. The predicted molar refractivity (Wildman–Crippen MR) is 119 cm³/mol.